The van der Waals surface area contributed by atoms with Crippen molar-refractivity contribution in [2.24, 2.45) is 0 Å². The summed E-state index contributed by atoms with van der Waals surface area (Å²) in [4.78, 5) is 15.3. The van der Waals surface area contributed by atoms with E-state index in [4.69, 9.17) is 9.97 Å². The topological polar surface area (TPSA) is 74.2 Å². The summed E-state index contributed by atoms with van der Waals surface area (Å²) in [5.41, 5.74) is 1.65. The Labute approximate surface area is 203 Å². The van der Waals surface area contributed by atoms with Gasteiger partial charge in [-0.1, -0.05) is 26.0 Å². The van der Waals surface area contributed by atoms with Gasteiger partial charge in [0.15, 0.2) is 0 Å². The molecule has 3 heterocycles. The van der Waals surface area contributed by atoms with Crippen LogP contribution in [0, 0.1) is 0 Å². The van der Waals surface area contributed by atoms with Crippen molar-refractivity contribution in [1.82, 2.24) is 15.0 Å². The van der Waals surface area contributed by atoms with Gasteiger partial charge in [0.2, 0.25) is 0 Å². The number of nitrogens with zero attached hydrogens (tertiary/aromatic N) is 4. The van der Waals surface area contributed by atoms with Crippen LogP contribution in [0.15, 0.2) is 42.6 Å². The van der Waals surface area contributed by atoms with Crippen LogP contribution in [0.4, 0.5) is 30.5 Å². The van der Waals surface area contributed by atoms with Gasteiger partial charge in [-0.3, -0.25) is 0 Å². The molecule has 35 heavy (non-hydrogen) atoms. The number of aliphatic hydroxyl groups is 1. The molecule has 9 heteroatoms. The van der Waals surface area contributed by atoms with Gasteiger partial charge in [0, 0.05) is 42.9 Å². The maximum Gasteiger partial charge on any atom is 0.419 e. The molecular formula is C26H30F3N5O. The first kappa shape index (κ1) is 24.9. The molecule has 1 aromatic carbocycles. The number of hydrogen-bond donors (Lipinski definition) is 2. The minimum atomic E-state index is -4.48. The fourth-order valence-corrected chi connectivity index (χ4v) is 4.16. The number of nitrogens with one attached hydrogen (secondary N) is 1. The minimum absolute atomic E-state index is 0.0541. The van der Waals surface area contributed by atoms with E-state index in [1.165, 1.54) is 12.3 Å². The molecule has 3 aromatic rings. The molecular weight excluding hydrogens is 455 g/mol. The number of fused-ring (bicyclic) bond motifs is 1. The molecule has 0 amide bonds. The van der Waals surface area contributed by atoms with E-state index in [1.54, 1.807) is 18.7 Å². The van der Waals surface area contributed by atoms with Gasteiger partial charge in [-0.25, -0.2) is 15.0 Å². The molecule has 2 N–H and O–H groups in total. The molecule has 4 rings (SSSR count). The number of pyridine rings is 1. The Kier molecular flexibility index (Phi) is 6.73. The number of benzene rings is 1. The summed E-state index contributed by atoms with van der Waals surface area (Å²) in [7, 11) is 0. The molecule has 0 bridgehead atoms. The second kappa shape index (κ2) is 9.45. The number of aromatic nitrogens is 3. The van der Waals surface area contributed by atoms with Gasteiger partial charge in [-0.2, -0.15) is 13.2 Å². The van der Waals surface area contributed by atoms with E-state index < -0.39 is 17.3 Å². The smallest absolute Gasteiger partial charge is 0.386 e. The lowest BCUT2D eigenvalue weighted by Crippen LogP contribution is -2.29. The lowest BCUT2D eigenvalue weighted by molar-refractivity contribution is -0.137. The zero-order valence-electron chi connectivity index (χ0n) is 20.3. The summed E-state index contributed by atoms with van der Waals surface area (Å²) < 4.78 is 40.8. The van der Waals surface area contributed by atoms with Crippen LogP contribution in [0.2, 0.25) is 0 Å². The fourth-order valence-electron chi connectivity index (χ4n) is 4.16. The van der Waals surface area contributed by atoms with E-state index in [1.807, 2.05) is 38.1 Å². The summed E-state index contributed by atoms with van der Waals surface area (Å²) in [6, 6.07) is 9.85. The van der Waals surface area contributed by atoms with Gasteiger partial charge in [0.1, 0.15) is 17.5 Å². The van der Waals surface area contributed by atoms with Crippen molar-refractivity contribution >= 4 is 17.3 Å². The highest BCUT2D eigenvalue weighted by molar-refractivity contribution is 5.62. The van der Waals surface area contributed by atoms with E-state index in [0.717, 1.165) is 28.6 Å². The van der Waals surface area contributed by atoms with Gasteiger partial charge in [-0.15, -0.1) is 0 Å². The van der Waals surface area contributed by atoms with Crippen LogP contribution in [0.5, 0.6) is 0 Å². The highest BCUT2D eigenvalue weighted by atomic mass is 19.4. The molecule has 2 aromatic heterocycles. The lowest BCUT2D eigenvalue weighted by Gasteiger charge is -2.24. The second-order valence-corrected chi connectivity index (χ2v) is 9.63. The number of alkyl halides is 3. The third kappa shape index (κ3) is 5.56. The predicted octanol–water partition coefficient (Wildman–Crippen LogP) is 5.59. The largest absolute Gasteiger partial charge is 0.419 e. The molecule has 0 radical (unpaired) electrons. The Balaban J connectivity index is 1.66. The van der Waals surface area contributed by atoms with Crippen molar-refractivity contribution in [3.63, 3.8) is 0 Å². The van der Waals surface area contributed by atoms with Gasteiger partial charge in [0.25, 0.3) is 0 Å². The first-order valence-corrected chi connectivity index (χ1v) is 11.7. The first-order valence-electron chi connectivity index (χ1n) is 11.7. The van der Waals surface area contributed by atoms with E-state index in [9.17, 15) is 18.3 Å². The number of halogens is 3. The molecule has 1 aliphatic rings. The van der Waals surface area contributed by atoms with Crippen molar-refractivity contribution in [2.45, 2.75) is 58.2 Å². The third-order valence-corrected chi connectivity index (χ3v) is 6.12. The molecule has 0 saturated heterocycles. The van der Waals surface area contributed by atoms with Crippen LogP contribution < -0.4 is 10.2 Å². The Bertz CT molecular complexity index is 1190. The lowest BCUT2D eigenvalue weighted by atomic mass is 9.98. The van der Waals surface area contributed by atoms with Gasteiger partial charge >= 0.3 is 6.18 Å². The summed E-state index contributed by atoms with van der Waals surface area (Å²) in [5.74, 6) is 1.38. The Morgan fingerprint density at radius 1 is 1.00 bits per heavy atom. The quantitative estimate of drug-likeness (QED) is 0.491. The summed E-state index contributed by atoms with van der Waals surface area (Å²) >= 11 is 0. The van der Waals surface area contributed by atoms with E-state index >= 15 is 0 Å². The van der Waals surface area contributed by atoms with Crippen LogP contribution in [0.1, 0.15) is 61.8 Å². The molecule has 186 valence electrons. The van der Waals surface area contributed by atoms with E-state index in [2.05, 4.69) is 10.3 Å². The van der Waals surface area contributed by atoms with Gasteiger partial charge < -0.3 is 15.3 Å². The Morgan fingerprint density at radius 2 is 1.69 bits per heavy atom. The van der Waals surface area contributed by atoms with Crippen LogP contribution in [-0.2, 0) is 24.6 Å². The van der Waals surface area contributed by atoms with Crippen molar-refractivity contribution in [3.8, 4) is 0 Å². The monoisotopic (exact) mass is 485 g/mol. The second-order valence-electron chi connectivity index (χ2n) is 9.63. The summed E-state index contributed by atoms with van der Waals surface area (Å²) in [6.45, 7) is 8.22. The molecule has 0 aliphatic carbocycles. The van der Waals surface area contributed by atoms with Crippen molar-refractivity contribution < 1.29 is 18.3 Å². The number of anilines is 3. The van der Waals surface area contributed by atoms with Crippen LogP contribution in [0.3, 0.4) is 0 Å². The maximum absolute atomic E-state index is 13.6. The molecule has 1 aliphatic heterocycles. The minimum Gasteiger partial charge on any atom is -0.386 e. The average molecular weight is 486 g/mol. The van der Waals surface area contributed by atoms with E-state index in [0.29, 0.717) is 37.6 Å². The highest BCUT2D eigenvalue weighted by Gasteiger charge is 2.36. The molecule has 6 nitrogen and oxygen atoms in total. The number of rotatable bonds is 5. The third-order valence-electron chi connectivity index (χ3n) is 6.12. The number of hydrogen-bond acceptors (Lipinski definition) is 6. The fraction of sp³-hybridized carbons (Fsp3) is 0.423. The van der Waals surface area contributed by atoms with Crippen molar-refractivity contribution in [3.05, 3.63) is 70.8 Å². The normalized spacial score (nSPS) is 14.6. The average Bonchev–Trinajstić information content (AvgIpc) is 3.01. The first-order chi connectivity index (χ1) is 16.4. The molecule has 0 unspecified atom stereocenters. The van der Waals surface area contributed by atoms with Crippen LogP contribution in [0.25, 0.3) is 0 Å². The maximum atomic E-state index is 13.6. The molecule has 0 atom stereocenters. The van der Waals surface area contributed by atoms with E-state index in [-0.39, 0.29) is 11.7 Å². The summed E-state index contributed by atoms with van der Waals surface area (Å²) in [5, 5.41) is 13.6. The SMILES string of the molecule is CC(C)c1nc2c(c(Nc3ccc(C(C)(C)O)cc3)n1)CCN(c1ncccc1C(F)(F)F)CC2. The highest BCUT2D eigenvalue weighted by Crippen LogP contribution is 2.36. The van der Waals surface area contributed by atoms with Crippen LogP contribution >= 0.6 is 0 Å². The Morgan fingerprint density at radius 3 is 2.31 bits per heavy atom. The molecule has 0 spiro atoms. The molecule has 0 saturated carbocycles. The Hall–Kier alpha value is -3.20. The van der Waals surface area contributed by atoms with Gasteiger partial charge in [-0.05, 0) is 50.1 Å². The van der Waals surface area contributed by atoms with Crippen LogP contribution in [-0.4, -0.2) is 33.1 Å². The van der Waals surface area contributed by atoms with Gasteiger partial charge in [0.05, 0.1) is 16.9 Å². The predicted molar refractivity (Wildman–Crippen MR) is 130 cm³/mol. The zero-order valence-corrected chi connectivity index (χ0v) is 20.3. The van der Waals surface area contributed by atoms with Crippen molar-refractivity contribution in [2.75, 3.05) is 23.3 Å². The van der Waals surface area contributed by atoms with Crippen molar-refractivity contribution in [1.29, 1.82) is 0 Å². The zero-order chi connectivity index (χ0) is 25.4. The standard InChI is InChI=1S/C26H30F3N5O/c1-16(2)22-32-21-12-15-34(24-20(26(27,28)29)6-5-13-30-24)14-11-19(21)23(33-22)31-18-9-7-17(8-10-18)25(3,4)35/h5-10,13,16,35H,11-12,14-15H2,1-4H3,(H,31,32,33). The molecule has 0 fully saturated rings. The summed E-state index contributed by atoms with van der Waals surface area (Å²) in [6.07, 6.45) is -2.12.